The van der Waals surface area contributed by atoms with Crippen LogP contribution in [0.4, 0.5) is 4.39 Å². The van der Waals surface area contributed by atoms with Gasteiger partial charge in [0.25, 0.3) is 0 Å². The molecule has 1 aliphatic rings. The number of fused-ring (bicyclic) bond motifs is 1. The second-order valence-corrected chi connectivity index (χ2v) is 5.53. The molecule has 3 rings (SSSR count). The van der Waals surface area contributed by atoms with Gasteiger partial charge in [0.05, 0.1) is 0 Å². The average molecular weight is 279 g/mol. The van der Waals surface area contributed by atoms with E-state index in [1.54, 1.807) is 24.3 Å². The third-order valence-electron chi connectivity index (χ3n) is 2.85. The molecule has 2 aromatic rings. The zero-order chi connectivity index (χ0) is 13.5. The lowest BCUT2D eigenvalue weighted by molar-refractivity contribution is 0.452. The molecule has 0 unspecified atom stereocenters. The first kappa shape index (κ1) is 12.1. The Labute approximate surface area is 110 Å². The van der Waals surface area contributed by atoms with Crippen molar-refractivity contribution in [3.8, 4) is 16.9 Å². The van der Waals surface area contributed by atoms with E-state index in [-0.39, 0.29) is 12.3 Å². The topological polar surface area (TPSA) is 55.4 Å². The Bertz CT molecular complexity index is 729. The van der Waals surface area contributed by atoms with Crippen molar-refractivity contribution < 1.29 is 17.0 Å². The van der Waals surface area contributed by atoms with Crippen LogP contribution in [0.1, 0.15) is 5.56 Å². The van der Waals surface area contributed by atoms with Crippen LogP contribution in [0.15, 0.2) is 42.5 Å². The first-order valence-corrected chi connectivity index (χ1v) is 7.03. The minimum atomic E-state index is -3.81. The zero-order valence-corrected chi connectivity index (χ0v) is 10.6. The molecular formula is C13H10FNO3S. The molecule has 4 nitrogen and oxygen atoms in total. The highest BCUT2D eigenvalue weighted by molar-refractivity contribution is 7.85. The minimum Gasteiger partial charge on any atom is -0.370 e. The lowest BCUT2D eigenvalue weighted by Gasteiger charge is -2.20. The molecule has 0 atom stereocenters. The van der Waals surface area contributed by atoms with Gasteiger partial charge in [0, 0.05) is 17.7 Å². The van der Waals surface area contributed by atoms with Gasteiger partial charge in [0.2, 0.25) is 0 Å². The highest BCUT2D eigenvalue weighted by atomic mass is 32.2. The summed E-state index contributed by atoms with van der Waals surface area (Å²) in [5.74, 6) is -0.242. The summed E-state index contributed by atoms with van der Waals surface area (Å²) in [6.07, 6.45) is 0. The van der Waals surface area contributed by atoms with Crippen LogP contribution in [0.2, 0.25) is 0 Å². The predicted octanol–water partition coefficient (Wildman–Crippen LogP) is 2.22. The first-order chi connectivity index (χ1) is 9.05. The van der Waals surface area contributed by atoms with Crippen molar-refractivity contribution in [1.82, 2.24) is 4.72 Å². The highest BCUT2D eigenvalue weighted by Crippen LogP contribution is 2.36. The average Bonchev–Trinajstić information content (AvgIpc) is 2.39. The number of benzene rings is 2. The maximum absolute atomic E-state index is 13.6. The Kier molecular flexibility index (Phi) is 2.76. The Morgan fingerprint density at radius 2 is 1.89 bits per heavy atom. The van der Waals surface area contributed by atoms with Crippen LogP contribution in [0.5, 0.6) is 5.75 Å². The molecule has 0 spiro atoms. The summed E-state index contributed by atoms with van der Waals surface area (Å²) in [4.78, 5) is 0. The fraction of sp³-hybridized carbons (Fsp3) is 0.0769. The maximum atomic E-state index is 13.6. The predicted molar refractivity (Wildman–Crippen MR) is 68.2 cm³/mol. The Morgan fingerprint density at radius 3 is 2.63 bits per heavy atom. The molecule has 0 aliphatic carbocycles. The van der Waals surface area contributed by atoms with Crippen LogP contribution in [0.25, 0.3) is 11.1 Å². The number of rotatable bonds is 1. The van der Waals surface area contributed by atoms with E-state index in [1.807, 2.05) is 6.07 Å². The van der Waals surface area contributed by atoms with Crippen LogP contribution < -0.4 is 8.91 Å². The molecule has 0 amide bonds. The van der Waals surface area contributed by atoms with Crippen molar-refractivity contribution in [2.45, 2.75) is 6.54 Å². The molecule has 0 saturated heterocycles. The van der Waals surface area contributed by atoms with Crippen LogP contribution in [0.3, 0.4) is 0 Å². The third kappa shape index (κ3) is 2.32. The van der Waals surface area contributed by atoms with Gasteiger partial charge in [-0.3, -0.25) is 0 Å². The summed E-state index contributed by atoms with van der Waals surface area (Å²) in [6.45, 7) is 0.0231. The molecule has 0 fully saturated rings. The number of hydrogen-bond donors (Lipinski definition) is 1. The first-order valence-electron chi connectivity index (χ1n) is 5.62. The van der Waals surface area contributed by atoms with Gasteiger partial charge in [-0.25, -0.2) is 4.39 Å². The van der Waals surface area contributed by atoms with Gasteiger partial charge in [0.1, 0.15) is 5.82 Å². The van der Waals surface area contributed by atoms with E-state index in [9.17, 15) is 12.8 Å². The second-order valence-electron chi connectivity index (χ2n) is 4.17. The van der Waals surface area contributed by atoms with E-state index in [0.717, 1.165) is 0 Å². The van der Waals surface area contributed by atoms with Crippen molar-refractivity contribution in [3.63, 3.8) is 0 Å². The van der Waals surface area contributed by atoms with Gasteiger partial charge in [0.15, 0.2) is 5.75 Å². The molecule has 19 heavy (non-hydrogen) atoms. The molecule has 0 radical (unpaired) electrons. The van der Waals surface area contributed by atoms with Gasteiger partial charge >= 0.3 is 10.3 Å². The summed E-state index contributed by atoms with van der Waals surface area (Å²) in [5.41, 5.74) is 1.62. The number of nitrogens with one attached hydrogen (secondary N) is 1. The fourth-order valence-electron chi connectivity index (χ4n) is 2.02. The van der Waals surface area contributed by atoms with E-state index in [0.29, 0.717) is 16.7 Å². The molecule has 1 N–H and O–H groups in total. The summed E-state index contributed by atoms with van der Waals surface area (Å²) >= 11 is 0. The molecule has 0 saturated carbocycles. The number of halogens is 1. The molecule has 1 aliphatic heterocycles. The van der Waals surface area contributed by atoms with E-state index in [1.165, 1.54) is 12.1 Å². The standard InChI is InChI=1S/C13H10FNO3S/c14-11-6-10-8-15-19(16,17)18-13(10)12(7-11)9-4-2-1-3-5-9/h1-7,15H,8H2. The quantitative estimate of drug-likeness (QED) is 0.870. The van der Waals surface area contributed by atoms with Gasteiger partial charge in [-0.1, -0.05) is 30.3 Å². The Morgan fingerprint density at radius 1 is 1.16 bits per heavy atom. The highest BCUT2D eigenvalue weighted by Gasteiger charge is 2.25. The maximum Gasteiger partial charge on any atom is 0.382 e. The summed E-state index contributed by atoms with van der Waals surface area (Å²) in [5, 5.41) is 0. The third-order valence-corrected chi connectivity index (χ3v) is 3.73. The van der Waals surface area contributed by atoms with E-state index < -0.39 is 16.1 Å². The summed E-state index contributed by atoms with van der Waals surface area (Å²) in [6, 6.07) is 11.5. The Hall–Kier alpha value is -1.92. The number of hydrogen-bond acceptors (Lipinski definition) is 3. The van der Waals surface area contributed by atoms with Crippen molar-refractivity contribution in [3.05, 3.63) is 53.8 Å². The largest absolute Gasteiger partial charge is 0.382 e. The smallest absolute Gasteiger partial charge is 0.370 e. The van der Waals surface area contributed by atoms with Crippen LogP contribution in [0, 0.1) is 5.82 Å². The van der Waals surface area contributed by atoms with Crippen LogP contribution in [-0.4, -0.2) is 8.42 Å². The molecule has 0 aromatic heterocycles. The molecule has 6 heteroatoms. The lowest BCUT2D eigenvalue weighted by Crippen LogP contribution is -2.32. The molecule has 2 aromatic carbocycles. The van der Waals surface area contributed by atoms with Crippen LogP contribution >= 0.6 is 0 Å². The summed E-state index contributed by atoms with van der Waals surface area (Å²) in [7, 11) is -3.81. The van der Waals surface area contributed by atoms with Crippen molar-refractivity contribution in [2.75, 3.05) is 0 Å². The molecular weight excluding hydrogens is 269 g/mol. The van der Waals surface area contributed by atoms with Gasteiger partial charge < -0.3 is 4.18 Å². The Balaban J connectivity index is 2.23. The van der Waals surface area contributed by atoms with E-state index in [2.05, 4.69) is 4.72 Å². The van der Waals surface area contributed by atoms with Gasteiger partial charge in [-0.2, -0.15) is 13.1 Å². The fourth-order valence-corrected chi connectivity index (χ4v) is 2.82. The molecule has 1 heterocycles. The van der Waals surface area contributed by atoms with E-state index in [4.69, 9.17) is 4.18 Å². The van der Waals surface area contributed by atoms with Gasteiger partial charge in [-0.05, 0) is 17.7 Å². The minimum absolute atomic E-state index is 0.0231. The zero-order valence-electron chi connectivity index (χ0n) is 9.76. The SMILES string of the molecule is O=S1(=O)NCc2cc(F)cc(-c3ccccc3)c2O1. The normalized spacial score (nSPS) is 16.5. The monoisotopic (exact) mass is 279 g/mol. The van der Waals surface area contributed by atoms with Crippen molar-refractivity contribution in [1.29, 1.82) is 0 Å². The van der Waals surface area contributed by atoms with Gasteiger partial charge in [-0.15, -0.1) is 0 Å². The molecule has 98 valence electrons. The van der Waals surface area contributed by atoms with Crippen molar-refractivity contribution in [2.24, 2.45) is 0 Å². The second kappa shape index (κ2) is 4.32. The lowest BCUT2D eigenvalue weighted by atomic mass is 10.0. The van der Waals surface area contributed by atoms with E-state index >= 15 is 0 Å². The summed E-state index contributed by atoms with van der Waals surface area (Å²) < 4.78 is 43.7. The van der Waals surface area contributed by atoms with Crippen LogP contribution in [-0.2, 0) is 16.8 Å². The van der Waals surface area contributed by atoms with Crippen molar-refractivity contribution >= 4 is 10.3 Å². The molecule has 0 bridgehead atoms.